The molecule has 0 atom stereocenters. The van der Waals surface area contributed by atoms with E-state index in [4.69, 9.17) is 34.3 Å². The molecule has 0 fully saturated rings. The van der Waals surface area contributed by atoms with Gasteiger partial charge in [0, 0.05) is 33.9 Å². The van der Waals surface area contributed by atoms with Crippen LogP contribution in [0, 0.1) is 5.41 Å². The molecule has 3 aromatic rings. The molecule has 0 spiro atoms. The molecule has 0 unspecified atom stereocenters. The quantitative estimate of drug-likeness (QED) is 0.188. The summed E-state index contributed by atoms with van der Waals surface area (Å²) in [5, 5.41) is 22.9. The Morgan fingerprint density at radius 2 is 1.61 bits per heavy atom. The van der Waals surface area contributed by atoms with Crippen molar-refractivity contribution in [2.24, 2.45) is 5.73 Å². The van der Waals surface area contributed by atoms with Gasteiger partial charge < -0.3 is 21.5 Å². The fourth-order valence-electron chi connectivity index (χ4n) is 3.19. The van der Waals surface area contributed by atoms with Crippen molar-refractivity contribution < 1.29 is 14.7 Å². The Morgan fingerprint density at radius 3 is 2.27 bits per heavy atom. The van der Waals surface area contributed by atoms with Gasteiger partial charge in [-0.25, -0.2) is 4.79 Å². The maximum Gasteiger partial charge on any atom is 0.328 e. The number of carbonyl (C=O) groups is 2. The highest BCUT2D eigenvalue weighted by molar-refractivity contribution is 6.35. The zero-order valence-corrected chi connectivity index (χ0v) is 18.7. The number of guanidine groups is 1. The van der Waals surface area contributed by atoms with E-state index in [1.807, 2.05) is 6.07 Å². The molecular formula is C24H20Cl2N4O3. The van der Waals surface area contributed by atoms with E-state index in [0.29, 0.717) is 38.0 Å². The molecule has 0 radical (unpaired) electrons. The van der Waals surface area contributed by atoms with Gasteiger partial charge in [0.2, 0.25) is 0 Å². The molecule has 6 N–H and O–H groups in total. The Labute approximate surface area is 200 Å². The highest BCUT2D eigenvalue weighted by atomic mass is 35.5. The van der Waals surface area contributed by atoms with Crippen LogP contribution in [0.2, 0.25) is 10.0 Å². The molecule has 168 valence electrons. The molecule has 0 bridgehead atoms. The van der Waals surface area contributed by atoms with Crippen LogP contribution in [-0.2, 0) is 11.3 Å². The van der Waals surface area contributed by atoms with Crippen LogP contribution in [0.1, 0.15) is 27.0 Å². The van der Waals surface area contributed by atoms with E-state index in [1.54, 1.807) is 60.7 Å². The highest BCUT2D eigenvalue weighted by Gasteiger charge is 2.12. The first-order chi connectivity index (χ1) is 15.7. The molecule has 33 heavy (non-hydrogen) atoms. The number of rotatable bonds is 7. The summed E-state index contributed by atoms with van der Waals surface area (Å²) < 4.78 is 0. The third kappa shape index (κ3) is 6.83. The van der Waals surface area contributed by atoms with Gasteiger partial charge in [0.1, 0.15) is 0 Å². The van der Waals surface area contributed by atoms with Crippen LogP contribution in [0.3, 0.4) is 0 Å². The maximum absolute atomic E-state index is 12.6. The summed E-state index contributed by atoms with van der Waals surface area (Å²) in [7, 11) is 0. The van der Waals surface area contributed by atoms with Crippen LogP contribution in [-0.4, -0.2) is 22.9 Å². The first-order valence-corrected chi connectivity index (χ1v) is 10.5. The summed E-state index contributed by atoms with van der Waals surface area (Å²) >= 11 is 12.2. The Kier molecular flexibility index (Phi) is 7.71. The van der Waals surface area contributed by atoms with Gasteiger partial charge in [-0.2, -0.15) is 0 Å². The summed E-state index contributed by atoms with van der Waals surface area (Å²) in [6.07, 6.45) is 1.09. The van der Waals surface area contributed by atoms with Crippen molar-refractivity contribution in [3.63, 3.8) is 0 Å². The second kappa shape index (κ2) is 10.7. The van der Waals surface area contributed by atoms with Crippen molar-refractivity contribution in [1.82, 2.24) is 5.32 Å². The van der Waals surface area contributed by atoms with E-state index < -0.39 is 5.97 Å². The summed E-state index contributed by atoms with van der Waals surface area (Å²) in [4.78, 5) is 24.0. The smallest absolute Gasteiger partial charge is 0.328 e. The lowest BCUT2D eigenvalue weighted by Crippen LogP contribution is -2.24. The van der Waals surface area contributed by atoms with Crippen LogP contribution in [0.25, 0.3) is 5.57 Å². The molecule has 0 saturated carbocycles. The van der Waals surface area contributed by atoms with Crippen LogP contribution in [0.5, 0.6) is 0 Å². The second-order valence-electron chi connectivity index (χ2n) is 7.06. The molecule has 7 nitrogen and oxygen atoms in total. The lowest BCUT2D eigenvalue weighted by atomic mass is 9.96. The van der Waals surface area contributed by atoms with Gasteiger partial charge in [0.25, 0.3) is 5.91 Å². The molecule has 0 aliphatic rings. The minimum Gasteiger partial charge on any atom is -0.478 e. The number of halogens is 2. The van der Waals surface area contributed by atoms with Crippen LogP contribution in [0.4, 0.5) is 5.69 Å². The number of hydrogen-bond donors (Lipinski definition) is 5. The van der Waals surface area contributed by atoms with E-state index in [9.17, 15) is 14.7 Å². The van der Waals surface area contributed by atoms with Gasteiger partial charge in [-0.3, -0.25) is 10.2 Å². The number of benzene rings is 3. The minimum absolute atomic E-state index is 0.216. The predicted octanol–water partition coefficient (Wildman–Crippen LogP) is 4.75. The first-order valence-electron chi connectivity index (χ1n) is 9.71. The Morgan fingerprint density at radius 1 is 0.939 bits per heavy atom. The first kappa shape index (κ1) is 23.8. The lowest BCUT2D eigenvalue weighted by Gasteiger charge is -2.12. The molecule has 0 aliphatic carbocycles. The van der Waals surface area contributed by atoms with E-state index in [2.05, 4.69) is 10.6 Å². The van der Waals surface area contributed by atoms with Crippen molar-refractivity contribution in [3.05, 3.63) is 105 Å². The number of aliphatic carboxylic acids is 1. The normalized spacial score (nSPS) is 11.0. The Balaban J connectivity index is 1.81. The number of nitrogens with one attached hydrogen (secondary N) is 3. The van der Waals surface area contributed by atoms with Crippen LogP contribution < -0.4 is 16.4 Å². The average Bonchev–Trinajstić information content (AvgIpc) is 2.75. The monoisotopic (exact) mass is 482 g/mol. The van der Waals surface area contributed by atoms with Gasteiger partial charge in [-0.15, -0.1) is 0 Å². The standard InChI is InChI=1S/C24H20Cl2N4O3/c25-18-8-17(9-19(26)11-18)21(12-22(31)32)15-4-1-3-14(7-15)13-29-23(33)16-5-2-6-20(10-16)30-24(27)28/h1-12H,13H2,(H,29,33)(H,31,32)(H4,27,28,30). The summed E-state index contributed by atoms with van der Waals surface area (Å²) in [6.45, 7) is 0.216. The van der Waals surface area contributed by atoms with Crippen LogP contribution >= 0.6 is 23.2 Å². The van der Waals surface area contributed by atoms with Crippen molar-refractivity contribution in [3.8, 4) is 0 Å². The predicted molar refractivity (Wildman–Crippen MR) is 131 cm³/mol. The van der Waals surface area contributed by atoms with E-state index in [1.165, 1.54) is 0 Å². The number of anilines is 1. The van der Waals surface area contributed by atoms with E-state index >= 15 is 0 Å². The van der Waals surface area contributed by atoms with Gasteiger partial charge >= 0.3 is 5.97 Å². The molecule has 9 heteroatoms. The second-order valence-corrected chi connectivity index (χ2v) is 7.93. The van der Waals surface area contributed by atoms with Gasteiger partial charge in [0.05, 0.1) is 0 Å². The Hall–Kier alpha value is -3.81. The molecule has 3 aromatic carbocycles. The molecule has 1 amide bonds. The maximum atomic E-state index is 12.6. The highest BCUT2D eigenvalue weighted by Crippen LogP contribution is 2.29. The van der Waals surface area contributed by atoms with E-state index in [0.717, 1.165) is 11.6 Å². The topological polar surface area (TPSA) is 128 Å². The number of amides is 1. The SMILES string of the molecule is N=C(N)Nc1cccc(C(=O)NCc2cccc(C(=CC(=O)O)c3cc(Cl)cc(Cl)c3)c2)c1. The fourth-order valence-corrected chi connectivity index (χ4v) is 3.72. The van der Waals surface area contributed by atoms with Crippen molar-refractivity contribution in [2.75, 3.05) is 5.32 Å². The zero-order chi connectivity index (χ0) is 24.0. The summed E-state index contributed by atoms with van der Waals surface area (Å²) in [5.74, 6) is -1.65. The number of carbonyl (C=O) groups excluding carboxylic acids is 1. The average molecular weight is 483 g/mol. The van der Waals surface area contributed by atoms with Crippen molar-refractivity contribution >= 4 is 52.3 Å². The minimum atomic E-state index is -1.11. The molecule has 0 saturated heterocycles. The van der Waals surface area contributed by atoms with Gasteiger partial charge in [-0.1, -0.05) is 47.5 Å². The molecule has 3 rings (SSSR count). The van der Waals surface area contributed by atoms with Gasteiger partial charge in [0.15, 0.2) is 5.96 Å². The van der Waals surface area contributed by atoms with Crippen LogP contribution in [0.15, 0.2) is 72.8 Å². The van der Waals surface area contributed by atoms with Crippen molar-refractivity contribution in [2.45, 2.75) is 6.54 Å². The third-order valence-electron chi connectivity index (χ3n) is 4.54. The number of nitrogens with two attached hydrogens (primary N) is 1. The molecule has 0 aromatic heterocycles. The number of carboxylic acid groups (broad SMARTS) is 1. The van der Waals surface area contributed by atoms with E-state index in [-0.39, 0.29) is 18.4 Å². The molecular weight excluding hydrogens is 463 g/mol. The largest absolute Gasteiger partial charge is 0.478 e. The summed E-state index contributed by atoms with van der Waals surface area (Å²) in [6, 6.07) is 18.6. The zero-order valence-electron chi connectivity index (χ0n) is 17.2. The Bertz CT molecular complexity index is 1240. The fraction of sp³-hybridized carbons (Fsp3) is 0.0417. The number of hydrogen-bond acceptors (Lipinski definition) is 3. The lowest BCUT2D eigenvalue weighted by molar-refractivity contribution is -0.131. The number of carboxylic acids is 1. The van der Waals surface area contributed by atoms with Gasteiger partial charge in [-0.05, 0) is 64.7 Å². The summed E-state index contributed by atoms with van der Waals surface area (Å²) in [5.41, 5.74) is 8.65. The third-order valence-corrected chi connectivity index (χ3v) is 4.97. The molecule has 0 heterocycles. The molecule has 0 aliphatic heterocycles. The van der Waals surface area contributed by atoms with Crippen molar-refractivity contribution in [1.29, 1.82) is 5.41 Å².